The van der Waals surface area contributed by atoms with Crippen molar-refractivity contribution in [3.8, 4) is 5.75 Å². The van der Waals surface area contributed by atoms with Gasteiger partial charge in [0.2, 0.25) is 0 Å². The van der Waals surface area contributed by atoms with Gasteiger partial charge in [0, 0.05) is 0 Å². The molecule has 1 aliphatic heterocycles. The number of ether oxygens (including phenoxy) is 2. The second kappa shape index (κ2) is 11.3. The van der Waals surface area contributed by atoms with Gasteiger partial charge in [0.25, 0.3) is 5.13 Å². The third-order valence-corrected chi connectivity index (χ3v) is 8.36. The number of aromatic nitrogens is 4. The van der Waals surface area contributed by atoms with Gasteiger partial charge in [0.05, 0.1) is 19.0 Å². The maximum absolute atomic E-state index is 15.6. The molecule has 12 nitrogen and oxygen atoms in total. The number of halogens is 2. The van der Waals surface area contributed by atoms with Crippen LogP contribution in [0.3, 0.4) is 0 Å². The molecular formula is C22H27ClFN6O6PS. The van der Waals surface area contributed by atoms with E-state index in [0.717, 1.165) is 0 Å². The van der Waals surface area contributed by atoms with Gasteiger partial charge >= 0.3 is 12.6 Å². The molecule has 0 aliphatic carbocycles. The molecule has 1 fully saturated rings. The Bertz CT molecular complexity index is 1330. The molecule has 38 heavy (non-hydrogen) atoms. The number of nitrogens with zero attached hydrogens (tertiary/aromatic N) is 4. The number of rotatable bonds is 10. The number of esters is 1. The minimum absolute atomic E-state index is 0.0844. The summed E-state index contributed by atoms with van der Waals surface area (Å²) >= 11 is 11.8. The van der Waals surface area contributed by atoms with Crippen molar-refractivity contribution in [3.63, 3.8) is 0 Å². The first-order valence-electron chi connectivity index (χ1n) is 11.5. The molecule has 6 atom stereocenters. The number of carbonyl (C=O) groups is 1. The van der Waals surface area contributed by atoms with Gasteiger partial charge in [-0.3, -0.25) is 9.36 Å². The van der Waals surface area contributed by atoms with E-state index in [0.29, 0.717) is 5.75 Å². The van der Waals surface area contributed by atoms with Crippen LogP contribution in [-0.2, 0) is 30.6 Å². The average molecular weight is 589 g/mol. The lowest BCUT2D eigenvalue weighted by Crippen LogP contribution is -2.40. The van der Waals surface area contributed by atoms with E-state index in [-0.39, 0.29) is 23.1 Å². The first-order valence-corrected chi connectivity index (χ1v) is 14.5. The van der Waals surface area contributed by atoms with Gasteiger partial charge in [0.1, 0.15) is 35.8 Å². The number of anilines is 1. The van der Waals surface area contributed by atoms with Crippen LogP contribution in [0.15, 0.2) is 43.0 Å². The Morgan fingerprint density at radius 3 is 2.74 bits per heavy atom. The number of nitrogens with two attached hydrogens (primary N) is 1. The predicted octanol–water partition coefficient (Wildman–Crippen LogP) is 2.82. The van der Waals surface area contributed by atoms with Crippen LogP contribution in [0.1, 0.15) is 27.0 Å². The highest BCUT2D eigenvalue weighted by molar-refractivity contribution is 8.09. The summed E-state index contributed by atoms with van der Waals surface area (Å²) in [6.45, 7) is 1.07. The van der Waals surface area contributed by atoms with Crippen molar-refractivity contribution >= 4 is 53.0 Å². The molecule has 0 radical (unpaired) electrons. The molecule has 1 aromatic carbocycles. The lowest BCUT2D eigenvalue weighted by Gasteiger charge is -2.28. The SMILES string of the molecule is CC(C)OC(=O)[C@@H](C)N[P@](=S)(OC[C@H]1O[C@@H](n2cnc3c(N)ncnc32)[C@](F)(Cl)[C@@H]1O)Oc1ccccc1. The number of fused-ring (bicyclic) bond motifs is 1. The maximum atomic E-state index is 15.6. The van der Waals surface area contributed by atoms with E-state index in [9.17, 15) is 9.90 Å². The molecule has 3 aromatic rings. The summed E-state index contributed by atoms with van der Waals surface area (Å²) in [6.07, 6.45) is -2.58. The smallest absolute Gasteiger partial charge is 0.323 e. The number of carbonyl (C=O) groups excluding carboxylic acids is 1. The molecule has 0 bridgehead atoms. The van der Waals surface area contributed by atoms with E-state index >= 15 is 4.39 Å². The fraction of sp³-hybridized carbons (Fsp3) is 0.455. The Morgan fingerprint density at radius 2 is 2.05 bits per heavy atom. The highest BCUT2D eigenvalue weighted by atomic mass is 35.5. The van der Waals surface area contributed by atoms with Crippen LogP contribution >= 0.6 is 18.2 Å². The van der Waals surface area contributed by atoms with E-state index in [1.807, 2.05) is 0 Å². The van der Waals surface area contributed by atoms with Crippen molar-refractivity contribution in [2.45, 2.75) is 56.5 Å². The second-order valence-electron chi connectivity index (χ2n) is 8.76. The summed E-state index contributed by atoms with van der Waals surface area (Å²) in [5.41, 5.74) is 6.19. The summed E-state index contributed by atoms with van der Waals surface area (Å²) in [5.74, 6) is -0.109. The number of aliphatic hydroxyl groups is 1. The van der Waals surface area contributed by atoms with Crippen molar-refractivity contribution in [1.82, 2.24) is 24.6 Å². The lowest BCUT2D eigenvalue weighted by atomic mass is 10.1. The topological polar surface area (TPSA) is 156 Å². The predicted molar refractivity (Wildman–Crippen MR) is 140 cm³/mol. The highest BCUT2D eigenvalue weighted by Gasteiger charge is 2.58. The van der Waals surface area contributed by atoms with E-state index in [2.05, 4.69) is 20.0 Å². The molecule has 16 heteroatoms. The van der Waals surface area contributed by atoms with Gasteiger partial charge in [-0.15, -0.1) is 0 Å². The van der Waals surface area contributed by atoms with Crippen LogP contribution in [0.4, 0.5) is 10.2 Å². The number of benzene rings is 1. The largest absolute Gasteiger partial charge is 0.462 e. The Morgan fingerprint density at radius 1 is 1.34 bits per heavy atom. The number of imidazole rings is 1. The molecular weight excluding hydrogens is 562 g/mol. The summed E-state index contributed by atoms with van der Waals surface area (Å²) in [5, 5.41) is 10.8. The molecule has 2 aromatic heterocycles. The zero-order valence-corrected chi connectivity index (χ0v) is 23.1. The van der Waals surface area contributed by atoms with Crippen molar-refractivity contribution < 1.29 is 32.8 Å². The van der Waals surface area contributed by atoms with Crippen molar-refractivity contribution in [2.24, 2.45) is 0 Å². The third kappa shape index (κ3) is 6.07. The number of alkyl halides is 2. The molecule has 4 rings (SSSR count). The molecule has 4 N–H and O–H groups in total. The summed E-state index contributed by atoms with van der Waals surface area (Å²) < 4.78 is 39.6. The maximum Gasteiger partial charge on any atom is 0.323 e. The van der Waals surface area contributed by atoms with Gasteiger partial charge < -0.3 is 29.4 Å². The van der Waals surface area contributed by atoms with Crippen molar-refractivity contribution in [3.05, 3.63) is 43.0 Å². The van der Waals surface area contributed by atoms with Crippen LogP contribution in [0.25, 0.3) is 11.2 Å². The van der Waals surface area contributed by atoms with Gasteiger partial charge in [-0.2, -0.15) is 0 Å². The molecule has 1 saturated heterocycles. The molecule has 3 heterocycles. The average Bonchev–Trinajstić information content (AvgIpc) is 3.37. The summed E-state index contributed by atoms with van der Waals surface area (Å²) in [6, 6.07) is 7.67. The number of para-hydroxylation sites is 1. The standard InChI is InChI=1S/C22H27ClFN6O6PS/c1-12(2)34-20(32)13(3)29-37(38,36-14-7-5-4-6-8-14)33-9-15-17(31)22(23,24)21(35-15)30-11-28-16-18(25)26-10-27-19(16)30/h4-8,10-13,15,17,21,31H,9H2,1-3H3,(H,29,38)(H2,25,26,27)/t13-,15-,17-,21-,22+,37+/m1/s1. The minimum Gasteiger partial charge on any atom is -0.462 e. The molecule has 1 aliphatic rings. The van der Waals surface area contributed by atoms with E-state index in [4.69, 9.17) is 47.7 Å². The Labute approximate surface area is 227 Å². The third-order valence-electron chi connectivity index (χ3n) is 5.45. The normalized spacial score (nSPS) is 25.8. The molecule has 0 amide bonds. The van der Waals surface area contributed by atoms with Crippen molar-refractivity contribution in [2.75, 3.05) is 12.3 Å². The zero-order valence-electron chi connectivity index (χ0n) is 20.6. The van der Waals surface area contributed by atoms with Crippen LogP contribution in [-0.4, -0.2) is 66.7 Å². The van der Waals surface area contributed by atoms with Gasteiger partial charge in [-0.25, -0.2) is 24.4 Å². The van der Waals surface area contributed by atoms with E-state index in [1.54, 1.807) is 51.1 Å². The van der Waals surface area contributed by atoms with Crippen LogP contribution in [0.2, 0.25) is 0 Å². The van der Waals surface area contributed by atoms with Gasteiger partial charge in [0.15, 0.2) is 17.7 Å². The summed E-state index contributed by atoms with van der Waals surface area (Å²) in [4.78, 5) is 24.4. The number of hydrogen-bond donors (Lipinski definition) is 3. The Kier molecular flexibility index (Phi) is 8.52. The molecule has 0 unspecified atom stereocenters. The number of aliphatic hydroxyl groups excluding tert-OH is 1. The second-order valence-corrected chi connectivity index (χ2v) is 12.5. The Balaban J connectivity index is 1.54. The molecule has 0 spiro atoms. The first kappa shape index (κ1) is 28.6. The highest BCUT2D eigenvalue weighted by Crippen LogP contribution is 2.49. The zero-order chi connectivity index (χ0) is 27.7. The number of nitrogens with one attached hydrogen (secondary N) is 1. The quantitative estimate of drug-likeness (QED) is 0.181. The van der Waals surface area contributed by atoms with Crippen LogP contribution in [0, 0.1) is 0 Å². The van der Waals surface area contributed by atoms with Gasteiger partial charge in [-0.05, 0) is 44.7 Å². The monoisotopic (exact) mass is 588 g/mol. The van der Waals surface area contributed by atoms with E-state index < -0.39 is 48.8 Å². The first-order chi connectivity index (χ1) is 17.9. The number of nitrogen functional groups attached to an aromatic ring is 1. The van der Waals surface area contributed by atoms with E-state index in [1.165, 1.54) is 17.2 Å². The minimum atomic E-state index is -3.47. The number of hydrogen-bond acceptors (Lipinski definition) is 11. The molecule has 0 saturated carbocycles. The Hall–Kier alpha value is -2.45. The van der Waals surface area contributed by atoms with Crippen LogP contribution in [0.5, 0.6) is 5.75 Å². The van der Waals surface area contributed by atoms with Crippen molar-refractivity contribution in [1.29, 1.82) is 0 Å². The fourth-order valence-corrected chi connectivity index (χ4v) is 6.37. The summed E-state index contributed by atoms with van der Waals surface area (Å²) in [7, 11) is 0. The fourth-order valence-electron chi connectivity index (χ4n) is 3.65. The van der Waals surface area contributed by atoms with Gasteiger partial charge in [-0.1, -0.05) is 29.8 Å². The van der Waals surface area contributed by atoms with Crippen LogP contribution < -0.4 is 15.3 Å². The molecule has 206 valence electrons. The lowest BCUT2D eigenvalue weighted by molar-refractivity contribution is -0.149.